The average molecular weight is 362 g/mol. The number of methoxy groups -OCH3 is 1. The minimum atomic E-state index is -3.70. The monoisotopic (exact) mass is 362 g/mol. The van der Waals surface area contributed by atoms with Gasteiger partial charge in [-0.15, -0.1) is 0 Å². The summed E-state index contributed by atoms with van der Waals surface area (Å²) in [7, 11) is -0.711. The van der Waals surface area contributed by atoms with Crippen LogP contribution in [0.4, 0.5) is 5.69 Å². The lowest BCUT2D eigenvalue weighted by molar-refractivity contribution is -0.115. The molecule has 6 nitrogen and oxygen atoms in total. The van der Waals surface area contributed by atoms with Crippen molar-refractivity contribution in [1.82, 2.24) is 4.31 Å². The van der Waals surface area contributed by atoms with Gasteiger partial charge in [0.1, 0.15) is 5.75 Å². The SMILES string of the molecule is CCC(=O)Nc1cc(S(=O)(=O)N(C)Cc2ccccc2)ccc1OC. The molecule has 0 atom stereocenters. The fourth-order valence-corrected chi connectivity index (χ4v) is 3.47. The summed E-state index contributed by atoms with van der Waals surface area (Å²) in [5.74, 6) is 0.192. The number of carbonyl (C=O) groups is 1. The molecule has 25 heavy (non-hydrogen) atoms. The number of hydrogen-bond acceptors (Lipinski definition) is 4. The molecule has 0 aliphatic rings. The molecule has 0 fully saturated rings. The molecule has 0 saturated heterocycles. The van der Waals surface area contributed by atoms with Gasteiger partial charge in [-0.2, -0.15) is 4.31 Å². The molecular formula is C18H22N2O4S. The molecule has 0 heterocycles. The molecule has 2 rings (SSSR count). The molecule has 0 aliphatic carbocycles. The lowest BCUT2D eigenvalue weighted by atomic mass is 10.2. The summed E-state index contributed by atoms with van der Waals surface area (Å²) in [5.41, 5.74) is 1.23. The Kier molecular flexibility index (Phi) is 6.17. The van der Waals surface area contributed by atoms with Crippen LogP contribution in [0.3, 0.4) is 0 Å². The Morgan fingerprint density at radius 1 is 1.16 bits per heavy atom. The van der Waals surface area contributed by atoms with E-state index in [1.165, 1.54) is 36.7 Å². The van der Waals surface area contributed by atoms with Crippen LogP contribution < -0.4 is 10.1 Å². The number of anilines is 1. The van der Waals surface area contributed by atoms with Gasteiger partial charge in [0, 0.05) is 20.0 Å². The molecule has 1 N–H and O–H groups in total. The van der Waals surface area contributed by atoms with Crippen LogP contribution >= 0.6 is 0 Å². The zero-order valence-corrected chi connectivity index (χ0v) is 15.3. The minimum absolute atomic E-state index is 0.0955. The van der Waals surface area contributed by atoms with Crippen molar-refractivity contribution in [3.8, 4) is 5.75 Å². The number of hydrogen-bond donors (Lipinski definition) is 1. The van der Waals surface area contributed by atoms with Gasteiger partial charge < -0.3 is 10.1 Å². The Labute approximate surface area is 148 Å². The van der Waals surface area contributed by atoms with Crippen LogP contribution in [-0.2, 0) is 21.4 Å². The number of nitrogens with zero attached hydrogens (tertiary/aromatic N) is 1. The second-order valence-corrected chi connectivity index (χ2v) is 7.56. The molecule has 0 radical (unpaired) electrons. The van der Waals surface area contributed by atoms with E-state index in [1.54, 1.807) is 6.92 Å². The Morgan fingerprint density at radius 3 is 2.44 bits per heavy atom. The van der Waals surface area contributed by atoms with Crippen molar-refractivity contribution >= 4 is 21.6 Å². The first-order valence-electron chi connectivity index (χ1n) is 7.86. The number of carbonyl (C=O) groups excluding carboxylic acids is 1. The van der Waals surface area contributed by atoms with Crippen molar-refractivity contribution in [2.45, 2.75) is 24.8 Å². The van der Waals surface area contributed by atoms with E-state index in [9.17, 15) is 13.2 Å². The predicted octanol–water partition coefficient (Wildman–Crippen LogP) is 2.86. The summed E-state index contributed by atoms with van der Waals surface area (Å²) >= 11 is 0. The topological polar surface area (TPSA) is 75.7 Å². The molecule has 0 spiro atoms. The average Bonchev–Trinajstić information content (AvgIpc) is 2.62. The van der Waals surface area contributed by atoms with Crippen molar-refractivity contribution in [3.05, 3.63) is 54.1 Å². The molecular weight excluding hydrogens is 340 g/mol. The van der Waals surface area contributed by atoms with Crippen LogP contribution in [0.25, 0.3) is 0 Å². The third kappa shape index (κ3) is 4.58. The minimum Gasteiger partial charge on any atom is -0.495 e. The predicted molar refractivity (Wildman–Crippen MR) is 97.0 cm³/mol. The highest BCUT2D eigenvalue weighted by molar-refractivity contribution is 7.89. The highest BCUT2D eigenvalue weighted by Crippen LogP contribution is 2.29. The quantitative estimate of drug-likeness (QED) is 0.822. The van der Waals surface area contributed by atoms with Gasteiger partial charge in [0.2, 0.25) is 15.9 Å². The zero-order chi connectivity index (χ0) is 18.4. The summed E-state index contributed by atoms with van der Waals surface area (Å²) in [6.45, 7) is 1.97. The molecule has 0 saturated carbocycles. The van der Waals surface area contributed by atoms with Crippen molar-refractivity contribution in [2.24, 2.45) is 0 Å². The molecule has 0 unspecified atom stereocenters. The number of amides is 1. The van der Waals surface area contributed by atoms with Gasteiger partial charge in [0.25, 0.3) is 0 Å². The third-order valence-corrected chi connectivity index (χ3v) is 5.52. The zero-order valence-electron chi connectivity index (χ0n) is 14.5. The maximum absolute atomic E-state index is 12.8. The molecule has 7 heteroatoms. The Bertz CT molecular complexity index is 835. The number of nitrogens with one attached hydrogen (secondary N) is 1. The maximum Gasteiger partial charge on any atom is 0.243 e. The first kappa shape index (κ1) is 19.0. The smallest absolute Gasteiger partial charge is 0.243 e. The first-order chi connectivity index (χ1) is 11.9. The number of sulfonamides is 1. The summed E-state index contributed by atoms with van der Waals surface area (Å²) < 4.78 is 32.1. The molecule has 134 valence electrons. The van der Waals surface area contributed by atoms with E-state index in [2.05, 4.69) is 5.32 Å². The molecule has 2 aromatic rings. The second-order valence-electron chi connectivity index (χ2n) is 5.51. The van der Waals surface area contributed by atoms with Gasteiger partial charge in [-0.05, 0) is 23.8 Å². The Morgan fingerprint density at radius 2 is 1.84 bits per heavy atom. The summed E-state index contributed by atoms with van der Waals surface area (Å²) in [5, 5.41) is 2.67. The fraction of sp³-hybridized carbons (Fsp3) is 0.278. The maximum atomic E-state index is 12.8. The van der Waals surface area contributed by atoms with E-state index < -0.39 is 10.0 Å². The largest absolute Gasteiger partial charge is 0.495 e. The van der Waals surface area contributed by atoms with Gasteiger partial charge in [0.15, 0.2) is 0 Å². The normalized spacial score (nSPS) is 11.4. The summed E-state index contributed by atoms with van der Waals surface area (Å²) in [6, 6.07) is 13.8. The van der Waals surface area contributed by atoms with Gasteiger partial charge >= 0.3 is 0 Å². The standard InChI is InChI=1S/C18H22N2O4S/c1-4-18(21)19-16-12-15(10-11-17(16)24-3)25(22,23)20(2)13-14-8-6-5-7-9-14/h5-12H,4,13H2,1-3H3,(H,19,21). The van der Waals surface area contributed by atoms with E-state index >= 15 is 0 Å². The number of benzene rings is 2. The lowest BCUT2D eigenvalue weighted by Gasteiger charge is -2.19. The molecule has 0 aromatic heterocycles. The highest BCUT2D eigenvalue weighted by Gasteiger charge is 2.22. The van der Waals surface area contributed by atoms with Crippen molar-refractivity contribution in [3.63, 3.8) is 0 Å². The Balaban J connectivity index is 2.31. The van der Waals surface area contributed by atoms with Gasteiger partial charge in [-0.3, -0.25) is 4.79 Å². The molecule has 0 bridgehead atoms. The number of ether oxygens (including phenoxy) is 1. The Hall–Kier alpha value is -2.38. The highest BCUT2D eigenvalue weighted by atomic mass is 32.2. The third-order valence-electron chi connectivity index (χ3n) is 3.72. The van der Waals surface area contributed by atoms with E-state index in [4.69, 9.17) is 4.74 Å². The van der Waals surface area contributed by atoms with E-state index in [0.717, 1.165) is 5.56 Å². The van der Waals surface area contributed by atoms with Crippen LogP contribution in [0, 0.1) is 0 Å². The van der Waals surface area contributed by atoms with Gasteiger partial charge in [-0.25, -0.2) is 8.42 Å². The van der Waals surface area contributed by atoms with Gasteiger partial charge in [0.05, 0.1) is 17.7 Å². The van der Waals surface area contributed by atoms with E-state index in [1.807, 2.05) is 30.3 Å². The van der Waals surface area contributed by atoms with Crippen molar-refractivity contribution in [2.75, 3.05) is 19.5 Å². The second kappa shape index (κ2) is 8.13. The summed E-state index contributed by atoms with van der Waals surface area (Å²) in [4.78, 5) is 11.8. The molecule has 2 aromatic carbocycles. The van der Waals surface area contributed by atoms with Crippen LogP contribution in [-0.4, -0.2) is 32.8 Å². The fourth-order valence-electron chi connectivity index (χ4n) is 2.29. The lowest BCUT2D eigenvalue weighted by Crippen LogP contribution is -2.26. The molecule has 0 aliphatic heterocycles. The van der Waals surface area contributed by atoms with Crippen LogP contribution in [0.15, 0.2) is 53.4 Å². The van der Waals surface area contributed by atoms with Crippen molar-refractivity contribution in [1.29, 1.82) is 0 Å². The van der Waals surface area contributed by atoms with E-state index in [0.29, 0.717) is 11.4 Å². The van der Waals surface area contributed by atoms with Gasteiger partial charge in [-0.1, -0.05) is 37.3 Å². The van der Waals surface area contributed by atoms with Crippen LogP contribution in [0.2, 0.25) is 0 Å². The van der Waals surface area contributed by atoms with Crippen LogP contribution in [0.5, 0.6) is 5.75 Å². The number of rotatable bonds is 7. The summed E-state index contributed by atoms with van der Waals surface area (Å²) in [6.07, 6.45) is 0.286. The van der Waals surface area contributed by atoms with E-state index in [-0.39, 0.29) is 23.8 Å². The molecule has 1 amide bonds. The first-order valence-corrected chi connectivity index (χ1v) is 9.30. The van der Waals surface area contributed by atoms with Crippen LogP contribution in [0.1, 0.15) is 18.9 Å². The van der Waals surface area contributed by atoms with Crippen molar-refractivity contribution < 1.29 is 17.9 Å².